The van der Waals surface area contributed by atoms with Crippen LogP contribution in [0.2, 0.25) is 0 Å². The summed E-state index contributed by atoms with van der Waals surface area (Å²) in [7, 11) is 0. The van der Waals surface area contributed by atoms with Gasteiger partial charge in [0.25, 0.3) is 0 Å². The molecule has 24 heavy (non-hydrogen) atoms. The molecule has 4 heterocycles. The first kappa shape index (κ1) is 14.8. The number of amidine groups is 1. The summed E-state index contributed by atoms with van der Waals surface area (Å²) in [6.45, 7) is 3.77. The number of pyridine rings is 2. The molecule has 0 aliphatic carbocycles. The second kappa shape index (κ2) is 6.77. The highest BCUT2D eigenvalue weighted by molar-refractivity contribution is 6.00. The van der Waals surface area contributed by atoms with Crippen LogP contribution in [0.4, 0.5) is 0 Å². The van der Waals surface area contributed by atoms with Crippen LogP contribution in [0.25, 0.3) is 5.70 Å². The fourth-order valence-corrected chi connectivity index (χ4v) is 2.71. The van der Waals surface area contributed by atoms with Crippen molar-refractivity contribution in [2.75, 3.05) is 26.2 Å². The molecule has 7 heteroatoms. The van der Waals surface area contributed by atoms with Crippen molar-refractivity contribution in [1.29, 1.82) is 0 Å². The summed E-state index contributed by atoms with van der Waals surface area (Å²) in [5.41, 5.74) is 5.81. The maximum atomic E-state index is 4.73. The van der Waals surface area contributed by atoms with E-state index in [1.54, 1.807) is 12.4 Å². The van der Waals surface area contributed by atoms with Crippen LogP contribution in [0.5, 0.6) is 0 Å². The third-order valence-corrected chi connectivity index (χ3v) is 3.93. The van der Waals surface area contributed by atoms with E-state index in [1.165, 1.54) is 0 Å². The highest BCUT2D eigenvalue weighted by Gasteiger charge is 2.22. The molecule has 0 saturated carbocycles. The molecular formula is C17H19N7. The zero-order chi connectivity index (χ0) is 16.2. The zero-order valence-electron chi connectivity index (χ0n) is 13.3. The molecule has 7 nitrogen and oxygen atoms in total. The van der Waals surface area contributed by atoms with E-state index in [1.807, 2.05) is 47.7 Å². The molecule has 122 valence electrons. The van der Waals surface area contributed by atoms with Crippen LogP contribution in [0.1, 0.15) is 11.4 Å². The predicted molar refractivity (Wildman–Crippen MR) is 92.4 cm³/mol. The fourth-order valence-electron chi connectivity index (χ4n) is 2.71. The number of nitrogens with zero attached hydrogens (tertiary/aromatic N) is 5. The van der Waals surface area contributed by atoms with Gasteiger partial charge in [0.15, 0.2) is 5.84 Å². The van der Waals surface area contributed by atoms with Gasteiger partial charge < -0.3 is 5.32 Å². The topological polar surface area (TPSA) is 68.7 Å². The SMILES string of the molecule is C1=C(c2ccccn2)N=C(c2ccccn2)NN1N1CCNCC1. The van der Waals surface area contributed by atoms with Crippen LogP contribution in [-0.2, 0) is 0 Å². The Kier molecular flexibility index (Phi) is 4.18. The predicted octanol–water partition coefficient (Wildman–Crippen LogP) is 0.862. The van der Waals surface area contributed by atoms with Crippen LogP contribution < -0.4 is 10.7 Å². The molecule has 0 aromatic carbocycles. The van der Waals surface area contributed by atoms with Gasteiger partial charge in [-0.15, -0.1) is 0 Å². The van der Waals surface area contributed by atoms with Gasteiger partial charge in [-0.05, 0) is 24.3 Å². The maximum absolute atomic E-state index is 4.73. The number of hydrazine groups is 2. The Bertz CT molecular complexity index is 736. The molecule has 0 radical (unpaired) electrons. The van der Waals surface area contributed by atoms with E-state index in [2.05, 4.69) is 25.7 Å². The lowest BCUT2D eigenvalue weighted by atomic mass is 10.2. The Morgan fingerprint density at radius 3 is 2.25 bits per heavy atom. The Balaban J connectivity index is 1.70. The van der Waals surface area contributed by atoms with Crippen molar-refractivity contribution in [2.24, 2.45) is 4.99 Å². The standard InChI is InChI=1S/C17H19N7/c1-3-7-19-14(5-1)16-13-24(23-11-9-18-10-12-23)22-17(21-16)15-6-2-4-8-20-15/h1-8,13,18H,9-12H2,(H,21,22). The molecule has 2 aliphatic rings. The van der Waals surface area contributed by atoms with Crippen molar-refractivity contribution in [3.05, 3.63) is 66.4 Å². The molecule has 1 saturated heterocycles. The van der Waals surface area contributed by atoms with Gasteiger partial charge in [0.2, 0.25) is 0 Å². The monoisotopic (exact) mass is 321 g/mol. The maximum Gasteiger partial charge on any atom is 0.172 e. The largest absolute Gasteiger partial charge is 0.314 e. The van der Waals surface area contributed by atoms with E-state index >= 15 is 0 Å². The van der Waals surface area contributed by atoms with Gasteiger partial charge in [-0.1, -0.05) is 12.1 Å². The number of hydrogen-bond acceptors (Lipinski definition) is 7. The van der Waals surface area contributed by atoms with Gasteiger partial charge in [0.05, 0.1) is 11.9 Å². The van der Waals surface area contributed by atoms with Crippen LogP contribution in [-0.4, -0.2) is 52.1 Å². The van der Waals surface area contributed by atoms with E-state index in [0.29, 0.717) is 0 Å². The first-order valence-electron chi connectivity index (χ1n) is 8.05. The molecule has 0 spiro atoms. The minimum atomic E-state index is 0.720. The minimum Gasteiger partial charge on any atom is -0.314 e. The molecule has 0 atom stereocenters. The quantitative estimate of drug-likeness (QED) is 0.874. The Labute approximate surface area is 140 Å². The van der Waals surface area contributed by atoms with Gasteiger partial charge in [-0.2, -0.15) is 5.01 Å². The second-order valence-corrected chi connectivity index (χ2v) is 5.56. The number of aliphatic imine (C=N–C) groups is 1. The number of piperazine rings is 1. The lowest BCUT2D eigenvalue weighted by molar-refractivity contribution is -0.0138. The first-order chi connectivity index (χ1) is 11.9. The fraction of sp³-hybridized carbons (Fsp3) is 0.235. The van der Waals surface area contributed by atoms with Crippen molar-refractivity contribution in [3.8, 4) is 0 Å². The number of nitrogens with one attached hydrogen (secondary N) is 2. The molecular weight excluding hydrogens is 302 g/mol. The van der Waals surface area contributed by atoms with Crippen molar-refractivity contribution < 1.29 is 0 Å². The van der Waals surface area contributed by atoms with Crippen LogP contribution in [0, 0.1) is 0 Å². The normalized spacial score (nSPS) is 18.6. The van der Waals surface area contributed by atoms with Gasteiger partial charge in [0, 0.05) is 38.6 Å². The summed E-state index contributed by atoms with van der Waals surface area (Å²) < 4.78 is 0. The summed E-state index contributed by atoms with van der Waals surface area (Å²) in [5.74, 6) is 0.720. The Hall–Kier alpha value is -2.77. The van der Waals surface area contributed by atoms with E-state index in [0.717, 1.165) is 49.1 Å². The molecule has 2 aromatic rings. The average Bonchev–Trinajstić information content (AvgIpc) is 2.70. The molecule has 0 bridgehead atoms. The van der Waals surface area contributed by atoms with Crippen molar-refractivity contribution in [3.63, 3.8) is 0 Å². The third-order valence-electron chi connectivity index (χ3n) is 3.93. The Morgan fingerprint density at radius 2 is 1.58 bits per heavy atom. The minimum absolute atomic E-state index is 0.720. The van der Waals surface area contributed by atoms with Crippen molar-refractivity contribution >= 4 is 11.5 Å². The van der Waals surface area contributed by atoms with Crippen LogP contribution in [0.15, 0.2) is 60.0 Å². The highest BCUT2D eigenvalue weighted by atomic mass is 15.8. The van der Waals surface area contributed by atoms with E-state index < -0.39 is 0 Å². The summed E-state index contributed by atoms with van der Waals surface area (Å²) in [6, 6.07) is 11.6. The zero-order valence-corrected chi connectivity index (χ0v) is 13.3. The van der Waals surface area contributed by atoms with Gasteiger partial charge in [-0.3, -0.25) is 15.4 Å². The van der Waals surface area contributed by atoms with Crippen LogP contribution in [0.3, 0.4) is 0 Å². The number of aromatic nitrogens is 2. The smallest absolute Gasteiger partial charge is 0.172 e. The van der Waals surface area contributed by atoms with Gasteiger partial charge >= 0.3 is 0 Å². The number of hydrogen-bond donors (Lipinski definition) is 2. The average molecular weight is 321 g/mol. The Morgan fingerprint density at radius 1 is 0.875 bits per heavy atom. The van der Waals surface area contributed by atoms with Crippen molar-refractivity contribution in [2.45, 2.75) is 0 Å². The lowest BCUT2D eigenvalue weighted by Crippen LogP contribution is -2.57. The molecule has 2 aliphatic heterocycles. The highest BCUT2D eigenvalue weighted by Crippen LogP contribution is 2.19. The number of rotatable bonds is 3. The second-order valence-electron chi connectivity index (χ2n) is 5.56. The van der Waals surface area contributed by atoms with Crippen LogP contribution >= 0.6 is 0 Å². The molecule has 2 aromatic heterocycles. The first-order valence-corrected chi connectivity index (χ1v) is 8.05. The molecule has 1 fully saturated rings. The summed E-state index contributed by atoms with van der Waals surface area (Å²) in [5, 5.41) is 7.62. The lowest BCUT2D eigenvalue weighted by Gasteiger charge is -2.39. The molecule has 2 N–H and O–H groups in total. The van der Waals surface area contributed by atoms with Gasteiger partial charge in [-0.25, -0.2) is 10.1 Å². The summed E-state index contributed by atoms with van der Waals surface area (Å²) in [4.78, 5) is 13.6. The summed E-state index contributed by atoms with van der Waals surface area (Å²) >= 11 is 0. The van der Waals surface area contributed by atoms with E-state index in [9.17, 15) is 0 Å². The van der Waals surface area contributed by atoms with Crippen molar-refractivity contribution in [1.82, 2.24) is 30.8 Å². The molecule has 0 amide bonds. The van der Waals surface area contributed by atoms with Gasteiger partial charge in [0.1, 0.15) is 11.4 Å². The summed E-state index contributed by atoms with van der Waals surface area (Å²) in [6.07, 6.45) is 5.54. The molecule has 0 unspecified atom stereocenters. The van der Waals surface area contributed by atoms with E-state index in [4.69, 9.17) is 4.99 Å². The third kappa shape index (κ3) is 3.12. The van der Waals surface area contributed by atoms with E-state index in [-0.39, 0.29) is 0 Å². The molecule has 4 rings (SSSR count).